The predicted octanol–water partition coefficient (Wildman–Crippen LogP) is 4.10. The van der Waals surface area contributed by atoms with E-state index in [9.17, 15) is 4.79 Å². The molecule has 28 heavy (non-hydrogen) atoms. The third-order valence-corrected chi connectivity index (χ3v) is 6.28. The van der Waals surface area contributed by atoms with E-state index in [-0.39, 0.29) is 12.0 Å². The molecule has 0 aliphatic carbocycles. The molecule has 0 N–H and O–H groups in total. The van der Waals surface area contributed by atoms with E-state index in [1.165, 1.54) is 29.7 Å². The van der Waals surface area contributed by atoms with Crippen LogP contribution >= 0.6 is 0 Å². The Balaban J connectivity index is 1.46. The summed E-state index contributed by atoms with van der Waals surface area (Å²) in [6, 6.07) is 17.3. The van der Waals surface area contributed by atoms with Crippen molar-refractivity contribution in [3.05, 3.63) is 59.7 Å². The number of rotatable bonds is 6. The molecular weight excluding hydrogens is 348 g/mol. The fraction of sp³-hybridized carbons (Fsp3) is 0.458. The summed E-state index contributed by atoms with van der Waals surface area (Å²) in [6.45, 7) is 2.86. The van der Waals surface area contributed by atoms with Crippen molar-refractivity contribution in [2.45, 2.75) is 31.7 Å². The largest absolute Gasteiger partial charge is 0.497 e. The fourth-order valence-electron chi connectivity index (χ4n) is 4.72. The second-order valence-corrected chi connectivity index (χ2v) is 8.11. The van der Waals surface area contributed by atoms with Gasteiger partial charge >= 0.3 is 0 Å². The number of carbonyl (C=O) groups is 1. The molecule has 2 saturated heterocycles. The number of ketones is 1. The first-order chi connectivity index (χ1) is 13.7. The molecule has 0 amide bonds. The number of Topliss-reactive ketones (excluding diaryl/α,β-unsaturated/α-hetero) is 1. The molecule has 0 radical (unpaired) electrons. The van der Waals surface area contributed by atoms with Crippen LogP contribution in [0.4, 0.5) is 5.69 Å². The molecule has 2 aliphatic heterocycles. The van der Waals surface area contributed by atoms with E-state index >= 15 is 0 Å². The zero-order valence-corrected chi connectivity index (χ0v) is 16.9. The average Bonchev–Trinajstić information content (AvgIpc) is 3.35. The van der Waals surface area contributed by atoms with Crippen LogP contribution in [-0.4, -0.2) is 44.5 Å². The van der Waals surface area contributed by atoms with Gasteiger partial charge in [-0.3, -0.25) is 9.69 Å². The Morgan fingerprint density at radius 2 is 1.68 bits per heavy atom. The van der Waals surface area contributed by atoms with Crippen LogP contribution in [0.25, 0.3) is 0 Å². The van der Waals surface area contributed by atoms with E-state index in [4.69, 9.17) is 4.74 Å². The number of hydrogen-bond acceptors (Lipinski definition) is 4. The lowest BCUT2D eigenvalue weighted by Gasteiger charge is -2.25. The van der Waals surface area contributed by atoms with Crippen molar-refractivity contribution in [3.63, 3.8) is 0 Å². The van der Waals surface area contributed by atoms with Gasteiger partial charge in [0, 0.05) is 30.7 Å². The normalized spacial score (nSPS) is 22.8. The first kappa shape index (κ1) is 19.0. The molecule has 4 heteroatoms. The summed E-state index contributed by atoms with van der Waals surface area (Å²) in [5.74, 6) is 1.30. The van der Waals surface area contributed by atoms with Crippen LogP contribution in [0.2, 0.25) is 0 Å². The van der Waals surface area contributed by atoms with Crippen LogP contribution in [0.5, 0.6) is 5.75 Å². The van der Waals surface area contributed by atoms with Crippen molar-refractivity contribution in [1.82, 2.24) is 4.90 Å². The van der Waals surface area contributed by atoms with Gasteiger partial charge in [-0.05, 0) is 68.1 Å². The molecule has 2 heterocycles. The van der Waals surface area contributed by atoms with Crippen molar-refractivity contribution >= 4 is 11.5 Å². The van der Waals surface area contributed by atoms with Crippen molar-refractivity contribution in [3.8, 4) is 5.75 Å². The molecule has 2 atom stereocenters. The van der Waals surface area contributed by atoms with Crippen LogP contribution in [-0.2, 0) is 11.2 Å². The average molecular weight is 379 g/mol. The van der Waals surface area contributed by atoms with Crippen molar-refractivity contribution < 1.29 is 9.53 Å². The van der Waals surface area contributed by atoms with E-state index in [0.717, 1.165) is 31.7 Å². The summed E-state index contributed by atoms with van der Waals surface area (Å²) in [4.78, 5) is 17.4. The Bertz CT molecular complexity index is 794. The smallest absolute Gasteiger partial charge is 0.151 e. The van der Waals surface area contributed by atoms with Crippen LogP contribution < -0.4 is 9.64 Å². The molecular formula is C24H30N2O2. The second kappa shape index (κ2) is 8.36. The van der Waals surface area contributed by atoms with Gasteiger partial charge in [0.1, 0.15) is 5.75 Å². The van der Waals surface area contributed by atoms with Crippen LogP contribution in [0.1, 0.15) is 36.4 Å². The fourth-order valence-corrected chi connectivity index (χ4v) is 4.72. The van der Waals surface area contributed by atoms with E-state index in [2.05, 4.69) is 53.2 Å². The molecule has 2 fully saturated rings. The summed E-state index contributed by atoms with van der Waals surface area (Å²) in [7, 11) is 3.76. The van der Waals surface area contributed by atoms with Crippen molar-refractivity contribution in [2.24, 2.45) is 5.92 Å². The maximum absolute atomic E-state index is 12.7. The predicted molar refractivity (Wildman–Crippen MR) is 113 cm³/mol. The Labute approximate surface area is 168 Å². The standard InChI is InChI=1S/C24H30N2O2/c1-25-17-23(27)22(14-7-18-5-12-21(28-2)13-6-18)24(25)19-8-10-20(11-9-19)26-15-3-4-16-26/h5-6,8-13,22,24H,3-4,7,14-17H2,1-2H3. The number of benzene rings is 2. The highest BCUT2D eigenvalue weighted by atomic mass is 16.5. The third kappa shape index (κ3) is 3.93. The highest BCUT2D eigenvalue weighted by Gasteiger charge is 2.39. The SMILES string of the molecule is COc1ccc(CCC2C(=O)CN(C)C2c2ccc(N3CCCC3)cc2)cc1. The third-order valence-electron chi connectivity index (χ3n) is 6.28. The molecule has 2 aliphatic rings. The summed E-state index contributed by atoms with van der Waals surface area (Å²) in [5.41, 5.74) is 3.82. The van der Waals surface area contributed by atoms with Gasteiger partial charge in [0.25, 0.3) is 0 Å². The minimum absolute atomic E-state index is 0.0599. The number of nitrogens with zero attached hydrogens (tertiary/aromatic N) is 2. The van der Waals surface area contributed by atoms with Gasteiger partial charge in [0.2, 0.25) is 0 Å². The minimum Gasteiger partial charge on any atom is -0.497 e. The maximum Gasteiger partial charge on any atom is 0.151 e. The quantitative estimate of drug-likeness (QED) is 0.758. The maximum atomic E-state index is 12.7. The van der Waals surface area contributed by atoms with E-state index in [0.29, 0.717) is 12.3 Å². The number of anilines is 1. The molecule has 0 bridgehead atoms. The van der Waals surface area contributed by atoms with Gasteiger partial charge in [-0.25, -0.2) is 0 Å². The van der Waals surface area contributed by atoms with Crippen LogP contribution in [0.15, 0.2) is 48.5 Å². The Morgan fingerprint density at radius 1 is 1.00 bits per heavy atom. The number of likely N-dealkylation sites (N-methyl/N-ethyl adjacent to an activating group) is 1. The van der Waals surface area contributed by atoms with Crippen LogP contribution in [0.3, 0.4) is 0 Å². The monoisotopic (exact) mass is 378 g/mol. The van der Waals surface area contributed by atoms with Gasteiger partial charge in [0.15, 0.2) is 5.78 Å². The Kier molecular flexibility index (Phi) is 5.67. The first-order valence-corrected chi connectivity index (χ1v) is 10.4. The lowest BCUT2D eigenvalue weighted by Crippen LogP contribution is -2.22. The molecule has 2 unspecified atom stereocenters. The molecule has 0 spiro atoms. The van der Waals surface area contributed by atoms with E-state index < -0.39 is 0 Å². The lowest BCUT2D eigenvalue weighted by atomic mass is 9.88. The Hall–Kier alpha value is -2.33. The van der Waals surface area contributed by atoms with Gasteiger partial charge in [-0.15, -0.1) is 0 Å². The van der Waals surface area contributed by atoms with Crippen LogP contribution in [0, 0.1) is 5.92 Å². The molecule has 4 nitrogen and oxygen atoms in total. The minimum atomic E-state index is 0.0599. The molecule has 148 valence electrons. The molecule has 4 rings (SSSR count). The van der Waals surface area contributed by atoms with E-state index in [1.54, 1.807) is 7.11 Å². The number of ether oxygens (including phenoxy) is 1. The number of hydrogen-bond donors (Lipinski definition) is 0. The van der Waals surface area contributed by atoms with Gasteiger partial charge in [0.05, 0.1) is 13.7 Å². The highest BCUT2D eigenvalue weighted by Crippen LogP contribution is 2.37. The van der Waals surface area contributed by atoms with E-state index in [1.807, 2.05) is 12.1 Å². The van der Waals surface area contributed by atoms with Gasteiger partial charge < -0.3 is 9.64 Å². The zero-order chi connectivity index (χ0) is 19.5. The zero-order valence-electron chi connectivity index (χ0n) is 16.9. The summed E-state index contributed by atoms with van der Waals surface area (Å²) >= 11 is 0. The number of carbonyl (C=O) groups excluding carboxylic acids is 1. The van der Waals surface area contributed by atoms with Gasteiger partial charge in [-0.2, -0.15) is 0 Å². The van der Waals surface area contributed by atoms with Crippen molar-refractivity contribution in [2.75, 3.05) is 38.7 Å². The topological polar surface area (TPSA) is 32.8 Å². The molecule has 0 aromatic heterocycles. The lowest BCUT2D eigenvalue weighted by molar-refractivity contribution is -0.120. The van der Waals surface area contributed by atoms with Crippen molar-refractivity contribution in [1.29, 1.82) is 0 Å². The second-order valence-electron chi connectivity index (χ2n) is 8.11. The first-order valence-electron chi connectivity index (χ1n) is 10.4. The molecule has 2 aromatic rings. The summed E-state index contributed by atoms with van der Waals surface area (Å²) < 4.78 is 5.24. The molecule has 0 saturated carbocycles. The highest BCUT2D eigenvalue weighted by molar-refractivity contribution is 5.86. The number of aryl methyl sites for hydroxylation is 1. The summed E-state index contributed by atoms with van der Waals surface area (Å²) in [6.07, 6.45) is 4.37. The van der Waals surface area contributed by atoms with Gasteiger partial charge in [-0.1, -0.05) is 24.3 Å². The summed E-state index contributed by atoms with van der Waals surface area (Å²) in [5, 5.41) is 0. The number of methoxy groups -OCH3 is 1. The number of likely N-dealkylation sites (tertiary alicyclic amines) is 1. The Morgan fingerprint density at radius 3 is 2.32 bits per heavy atom. The molecule has 2 aromatic carbocycles.